The smallest absolute Gasteiger partial charge is 0.345 e. The predicted molar refractivity (Wildman–Crippen MR) is 103 cm³/mol. The summed E-state index contributed by atoms with van der Waals surface area (Å²) >= 11 is 6.10. The van der Waals surface area contributed by atoms with Gasteiger partial charge in [-0.05, 0) is 48.2 Å². The highest BCUT2D eigenvalue weighted by Crippen LogP contribution is 2.27. The second kappa shape index (κ2) is 7.78. The molecule has 0 aliphatic rings. The number of benzene rings is 2. The molecule has 0 aromatic heterocycles. The minimum atomic E-state index is -3.68. The monoisotopic (exact) mass is 395 g/mol. The lowest BCUT2D eigenvalue weighted by molar-refractivity contribution is 0.0733. The lowest BCUT2D eigenvalue weighted by Gasteiger charge is -2.14. The first kappa shape index (κ1) is 20.4. The molecular formula is C19H22ClNO4S. The van der Waals surface area contributed by atoms with Gasteiger partial charge >= 0.3 is 5.97 Å². The topological polar surface area (TPSA) is 63.7 Å². The van der Waals surface area contributed by atoms with E-state index in [4.69, 9.17) is 16.3 Å². The van der Waals surface area contributed by atoms with Crippen LogP contribution in [-0.2, 0) is 10.0 Å². The first-order valence-corrected chi connectivity index (χ1v) is 9.90. The van der Waals surface area contributed by atoms with E-state index in [0.717, 1.165) is 15.4 Å². The largest absolute Gasteiger partial charge is 0.423 e. The van der Waals surface area contributed by atoms with Gasteiger partial charge in [0.1, 0.15) is 5.75 Å². The van der Waals surface area contributed by atoms with Gasteiger partial charge in [0.05, 0.1) is 15.5 Å². The molecule has 0 atom stereocenters. The zero-order valence-electron chi connectivity index (χ0n) is 15.4. The van der Waals surface area contributed by atoms with Crippen LogP contribution in [0.1, 0.15) is 41.3 Å². The second-order valence-corrected chi connectivity index (χ2v) is 9.06. The first-order valence-electron chi connectivity index (χ1n) is 8.09. The van der Waals surface area contributed by atoms with Crippen LogP contribution in [0.25, 0.3) is 0 Å². The number of esters is 1. The molecule has 0 radical (unpaired) electrons. The van der Waals surface area contributed by atoms with Crippen molar-refractivity contribution >= 4 is 27.6 Å². The van der Waals surface area contributed by atoms with E-state index in [1.54, 1.807) is 0 Å². The van der Waals surface area contributed by atoms with E-state index in [0.29, 0.717) is 5.75 Å². The Labute approximate surface area is 159 Å². The van der Waals surface area contributed by atoms with Crippen LogP contribution in [0, 0.1) is 6.92 Å². The third kappa shape index (κ3) is 4.26. The van der Waals surface area contributed by atoms with Crippen LogP contribution in [0.15, 0.2) is 41.3 Å². The molecule has 2 aromatic carbocycles. The summed E-state index contributed by atoms with van der Waals surface area (Å²) < 4.78 is 31.1. The molecule has 0 fully saturated rings. The van der Waals surface area contributed by atoms with Gasteiger partial charge in [-0.1, -0.05) is 37.6 Å². The predicted octanol–water partition coefficient (Wildman–Crippen LogP) is 4.24. The Morgan fingerprint density at radius 1 is 1.12 bits per heavy atom. The minimum Gasteiger partial charge on any atom is -0.423 e. The van der Waals surface area contributed by atoms with Gasteiger partial charge < -0.3 is 4.74 Å². The molecule has 26 heavy (non-hydrogen) atoms. The van der Waals surface area contributed by atoms with E-state index in [-0.39, 0.29) is 21.4 Å². The summed E-state index contributed by atoms with van der Waals surface area (Å²) in [5.74, 6) is 0.0122. The third-order valence-corrected chi connectivity index (χ3v) is 6.16. The standard InChI is InChI=1S/C19H22ClNO4S/c1-12(2)14-7-6-13(3)18(10-14)25-19(22)16-11-15(8-9-17(16)20)26(23,24)21(4)5/h6-12H,1-5H3. The number of hydrogen-bond acceptors (Lipinski definition) is 4. The highest BCUT2D eigenvalue weighted by molar-refractivity contribution is 7.89. The number of aryl methyl sites for hydroxylation is 1. The molecule has 5 nitrogen and oxygen atoms in total. The normalized spacial score (nSPS) is 11.8. The van der Waals surface area contributed by atoms with Gasteiger partial charge in [-0.25, -0.2) is 17.5 Å². The zero-order valence-corrected chi connectivity index (χ0v) is 17.0. The highest BCUT2D eigenvalue weighted by Gasteiger charge is 2.22. The average molecular weight is 396 g/mol. The Kier molecular flexibility index (Phi) is 6.11. The molecule has 2 aromatic rings. The number of rotatable bonds is 5. The summed E-state index contributed by atoms with van der Waals surface area (Å²) in [6.07, 6.45) is 0. The van der Waals surface area contributed by atoms with Crippen LogP contribution in [0.3, 0.4) is 0 Å². The second-order valence-electron chi connectivity index (χ2n) is 6.50. The van der Waals surface area contributed by atoms with Gasteiger partial charge in [0.15, 0.2) is 0 Å². The van der Waals surface area contributed by atoms with Crippen molar-refractivity contribution in [2.75, 3.05) is 14.1 Å². The number of carbonyl (C=O) groups excluding carboxylic acids is 1. The third-order valence-electron chi connectivity index (χ3n) is 4.02. The molecule has 0 aliphatic heterocycles. The summed E-state index contributed by atoms with van der Waals surface area (Å²) in [7, 11) is -0.843. The Hall–Kier alpha value is -1.89. The molecule has 0 unspecified atom stereocenters. The molecule has 2 rings (SSSR count). The molecule has 0 N–H and O–H groups in total. The summed E-state index contributed by atoms with van der Waals surface area (Å²) in [6, 6.07) is 9.65. The van der Waals surface area contributed by atoms with Crippen LogP contribution >= 0.6 is 11.6 Å². The fourth-order valence-corrected chi connectivity index (χ4v) is 3.40. The summed E-state index contributed by atoms with van der Waals surface area (Å²) in [4.78, 5) is 12.6. The van der Waals surface area contributed by atoms with Gasteiger partial charge in [0.2, 0.25) is 10.0 Å². The van der Waals surface area contributed by atoms with Crippen LogP contribution in [0.4, 0.5) is 0 Å². The van der Waals surface area contributed by atoms with Crippen molar-refractivity contribution in [2.45, 2.75) is 31.6 Å². The molecule has 140 valence electrons. The number of nitrogens with zero attached hydrogens (tertiary/aromatic N) is 1. The fraction of sp³-hybridized carbons (Fsp3) is 0.316. The minimum absolute atomic E-state index is 0.00365. The molecule has 0 amide bonds. The maximum absolute atomic E-state index is 12.6. The Morgan fingerprint density at radius 3 is 2.35 bits per heavy atom. The van der Waals surface area contributed by atoms with Crippen molar-refractivity contribution in [1.82, 2.24) is 4.31 Å². The number of sulfonamides is 1. The van der Waals surface area contributed by atoms with Crippen LogP contribution < -0.4 is 4.74 Å². The zero-order chi connectivity index (χ0) is 19.6. The Morgan fingerprint density at radius 2 is 1.77 bits per heavy atom. The number of halogens is 1. The van der Waals surface area contributed by atoms with Gasteiger partial charge in [-0.3, -0.25) is 0 Å². The van der Waals surface area contributed by atoms with Crippen molar-refractivity contribution in [3.8, 4) is 5.75 Å². The van der Waals surface area contributed by atoms with E-state index >= 15 is 0 Å². The number of carbonyl (C=O) groups is 1. The number of ether oxygens (including phenoxy) is 1. The van der Waals surface area contributed by atoms with E-state index in [2.05, 4.69) is 0 Å². The molecule has 0 heterocycles. The van der Waals surface area contributed by atoms with Crippen molar-refractivity contribution in [3.05, 3.63) is 58.1 Å². The lowest BCUT2D eigenvalue weighted by Crippen LogP contribution is -2.22. The Bertz CT molecular complexity index is 937. The van der Waals surface area contributed by atoms with Crippen LogP contribution in [0.2, 0.25) is 5.02 Å². The summed E-state index contributed by atoms with van der Waals surface area (Å²) in [6.45, 7) is 5.92. The van der Waals surface area contributed by atoms with Crippen LogP contribution in [0.5, 0.6) is 5.75 Å². The first-order chi connectivity index (χ1) is 12.0. The average Bonchev–Trinajstić information content (AvgIpc) is 2.56. The summed E-state index contributed by atoms with van der Waals surface area (Å²) in [5, 5.41) is 0.130. The fourth-order valence-electron chi connectivity index (χ4n) is 2.27. The molecule has 0 bridgehead atoms. The molecular weight excluding hydrogens is 374 g/mol. The lowest BCUT2D eigenvalue weighted by atomic mass is 10.0. The molecule has 0 saturated carbocycles. The van der Waals surface area contributed by atoms with Gasteiger partial charge in [-0.15, -0.1) is 0 Å². The molecule has 7 heteroatoms. The van der Waals surface area contributed by atoms with E-state index in [1.807, 2.05) is 39.0 Å². The van der Waals surface area contributed by atoms with Gasteiger partial charge in [-0.2, -0.15) is 0 Å². The maximum atomic E-state index is 12.6. The molecule has 0 spiro atoms. The van der Waals surface area contributed by atoms with Crippen molar-refractivity contribution in [1.29, 1.82) is 0 Å². The van der Waals surface area contributed by atoms with E-state index < -0.39 is 16.0 Å². The van der Waals surface area contributed by atoms with Crippen molar-refractivity contribution in [2.24, 2.45) is 0 Å². The SMILES string of the molecule is Cc1ccc(C(C)C)cc1OC(=O)c1cc(S(=O)(=O)N(C)C)ccc1Cl. The van der Waals surface area contributed by atoms with Crippen LogP contribution in [-0.4, -0.2) is 32.8 Å². The highest BCUT2D eigenvalue weighted by atomic mass is 35.5. The van der Waals surface area contributed by atoms with Gasteiger partial charge in [0, 0.05) is 14.1 Å². The summed E-state index contributed by atoms with van der Waals surface area (Å²) in [5.41, 5.74) is 1.84. The molecule has 0 saturated heterocycles. The van der Waals surface area contributed by atoms with Gasteiger partial charge in [0.25, 0.3) is 0 Å². The van der Waals surface area contributed by atoms with Crippen molar-refractivity contribution < 1.29 is 17.9 Å². The quantitative estimate of drug-likeness (QED) is 0.561. The maximum Gasteiger partial charge on any atom is 0.345 e. The molecule has 0 aliphatic carbocycles. The van der Waals surface area contributed by atoms with Crippen molar-refractivity contribution in [3.63, 3.8) is 0 Å². The van der Waals surface area contributed by atoms with E-state index in [1.165, 1.54) is 32.3 Å². The van der Waals surface area contributed by atoms with E-state index in [9.17, 15) is 13.2 Å². The number of hydrogen-bond donors (Lipinski definition) is 0. The Balaban J connectivity index is 2.41.